The molecule has 0 bridgehead atoms. The summed E-state index contributed by atoms with van der Waals surface area (Å²) in [6, 6.07) is 10.3. The summed E-state index contributed by atoms with van der Waals surface area (Å²) in [4.78, 5) is 23.8. The van der Waals surface area contributed by atoms with Crippen molar-refractivity contribution < 1.29 is 23.1 Å². The van der Waals surface area contributed by atoms with E-state index in [0.29, 0.717) is 24.0 Å². The van der Waals surface area contributed by atoms with E-state index in [1.165, 1.54) is 19.2 Å². The van der Waals surface area contributed by atoms with E-state index in [0.717, 1.165) is 28.7 Å². The van der Waals surface area contributed by atoms with Crippen molar-refractivity contribution in [1.29, 1.82) is 0 Å². The lowest BCUT2D eigenvalue weighted by Gasteiger charge is -2.08. The summed E-state index contributed by atoms with van der Waals surface area (Å²) in [5.74, 6) is -1.82. The normalized spacial score (nSPS) is 10.8. The van der Waals surface area contributed by atoms with Crippen molar-refractivity contribution in [3.05, 3.63) is 82.2 Å². The standard InChI is InChI=1S/C24H25F2N3O3/c1-15-22(8-9-23(30)32-3)16(2)29(28-15)21-6-4-18(5-7-21)24(31)27-11-10-17-12-19(25)14-20(26)13-17/h4-7,12-14H,8-11H2,1-3H3,(H,27,31). The van der Waals surface area contributed by atoms with Gasteiger partial charge in [0.05, 0.1) is 18.5 Å². The molecule has 8 heteroatoms. The number of carbonyl (C=O) groups excluding carboxylic acids is 2. The number of rotatable bonds is 8. The van der Waals surface area contributed by atoms with E-state index in [9.17, 15) is 18.4 Å². The number of halogens is 2. The minimum absolute atomic E-state index is 0.254. The van der Waals surface area contributed by atoms with Crippen LogP contribution in [0.4, 0.5) is 8.78 Å². The van der Waals surface area contributed by atoms with Gasteiger partial charge in [-0.1, -0.05) is 0 Å². The van der Waals surface area contributed by atoms with Crippen molar-refractivity contribution in [3.63, 3.8) is 0 Å². The fourth-order valence-electron chi connectivity index (χ4n) is 3.55. The number of hydrogen-bond donors (Lipinski definition) is 1. The maximum atomic E-state index is 13.3. The molecule has 168 valence electrons. The quantitative estimate of drug-likeness (QED) is 0.539. The number of nitrogens with zero attached hydrogens (tertiary/aromatic N) is 2. The third-order valence-corrected chi connectivity index (χ3v) is 5.24. The lowest BCUT2D eigenvalue weighted by atomic mass is 10.1. The number of methoxy groups -OCH3 is 1. The number of hydrogen-bond acceptors (Lipinski definition) is 4. The van der Waals surface area contributed by atoms with Crippen molar-refractivity contribution >= 4 is 11.9 Å². The minimum atomic E-state index is -0.639. The van der Waals surface area contributed by atoms with Crippen LogP contribution in [-0.4, -0.2) is 35.3 Å². The molecule has 0 saturated heterocycles. The summed E-state index contributed by atoms with van der Waals surface area (Å²) < 4.78 is 33.0. The molecule has 1 heterocycles. The fraction of sp³-hybridized carbons (Fsp3) is 0.292. The van der Waals surface area contributed by atoms with Gasteiger partial charge in [-0.2, -0.15) is 5.10 Å². The van der Waals surface area contributed by atoms with Gasteiger partial charge in [0.1, 0.15) is 11.6 Å². The molecule has 2 aromatic carbocycles. The first-order chi connectivity index (χ1) is 15.3. The molecule has 0 radical (unpaired) electrons. The van der Waals surface area contributed by atoms with Crippen LogP contribution >= 0.6 is 0 Å². The first-order valence-corrected chi connectivity index (χ1v) is 10.2. The number of ether oxygens (including phenoxy) is 1. The molecule has 0 atom stereocenters. The maximum Gasteiger partial charge on any atom is 0.305 e. The Morgan fingerprint density at radius 3 is 2.31 bits per heavy atom. The predicted octanol–water partition coefficient (Wildman–Crippen LogP) is 3.85. The summed E-state index contributed by atoms with van der Waals surface area (Å²) >= 11 is 0. The zero-order chi connectivity index (χ0) is 23.3. The van der Waals surface area contributed by atoms with Gasteiger partial charge in [0.2, 0.25) is 0 Å². The molecule has 0 unspecified atom stereocenters. The van der Waals surface area contributed by atoms with Crippen molar-refractivity contribution in [2.75, 3.05) is 13.7 Å². The van der Waals surface area contributed by atoms with E-state index in [4.69, 9.17) is 4.74 Å². The number of carbonyl (C=O) groups is 2. The average molecular weight is 441 g/mol. The number of benzene rings is 2. The SMILES string of the molecule is COC(=O)CCc1c(C)nn(-c2ccc(C(=O)NCCc3cc(F)cc(F)c3)cc2)c1C. The molecule has 0 aliphatic rings. The Labute approximate surface area is 185 Å². The summed E-state index contributed by atoms with van der Waals surface area (Å²) in [6.07, 6.45) is 1.14. The smallest absolute Gasteiger partial charge is 0.305 e. The molecule has 1 N–H and O–H groups in total. The van der Waals surface area contributed by atoms with E-state index in [1.807, 2.05) is 13.8 Å². The van der Waals surface area contributed by atoms with E-state index >= 15 is 0 Å². The minimum Gasteiger partial charge on any atom is -0.469 e. The van der Waals surface area contributed by atoms with Gasteiger partial charge in [-0.05, 0) is 74.2 Å². The first kappa shape index (κ1) is 23.1. The van der Waals surface area contributed by atoms with Gasteiger partial charge in [0, 0.05) is 30.3 Å². The topological polar surface area (TPSA) is 73.2 Å². The molecule has 6 nitrogen and oxygen atoms in total. The predicted molar refractivity (Wildman–Crippen MR) is 116 cm³/mol. The van der Waals surface area contributed by atoms with E-state index < -0.39 is 11.6 Å². The van der Waals surface area contributed by atoms with Gasteiger partial charge in [-0.3, -0.25) is 9.59 Å². The van der Waals surface area contributed by atoms with Crippen LogP contribution in [0.25, 0.3) is 5.69 Å². The molecule has 0 spiro atoms. The molecule has 3 rings (SSSR count). The Morgan fingerprint density at radius 1 is 1.03 bits per heavy atom. The van der Waals surface area contributed by atoms with Crippen LogP contribution in [0.2, 0.25) is 0 Å². The highest BCUT2D eigenvalue weighted by molar-refractivity contribution is 5.94. The fourth-order valence-corrected chi connectivity index (χ4v) is 3.55. The molecule has 1 aromatic heterocycles. The Bertz CT molecular complexity index is 1100. The van der Waals surface area contributed by atoms with Crippen LogP contribution in [-0.2, 0) is 22.4 Å². The molecule has 0 aliphatic heterocycles. The number of aryl methyl sites for hydroxylation is 1. The zero-order valence-electron chi connectivity index (χ0n) is 18.2. The number of amides is 1. The van der Waals surface area contributed by atoms with E-state index in [1.54, 1.807) is 28.9 Å². The monoisotopic (exact) mass is 441 g/mol. The summed E-state index contributed by atoms with van der Waals surface area (Å²) in [6.45, 7) is 4.08. The van der Waals surface area contributed by atoms with Crippen molar-refractivity contribution in [2.24, 2.45) is 0 Å². The number of aromatic nitrogens is 2. The number of nitrogens with one attached hydrogen (secondary N) is 1. The largest absolute Gasteiger partial charge is 0.469 e. The zero-order valence-corrected chi connectivity index (χ0v) is 18.2. The second kappa shape index (κ2) is 10.2. The molecule has 1 amide bonds. The third-order valence-electron chi connectivity index (χ3n) is 5.24. The average Bonchev–Trinajstić information content (AvgIpc) is 3.04. The van der Waals surface area contributed by atoms with Crippen molar-refractivity contribution in [2.45, 2.75) is 33.1 Å². The highest BCUT2D eigenvalue weighted by Crippen LogP contribution is 2.20. The van der Waals surface area contributed by atoms with E-state index in [2.05, 4.69) is 10.4 Å². The summed E-state index contributed by atoms with van der Waals surface area (Å²) in [7, 11) is 1.37. The van der Waals surface area contributed by atoms with Crippen LogP contribution in [0.15, 0.2) is 42.5 Å². The molecule has 32 heavy (non-hydrogen) atoms. The first-order valence-electron chi connectivity index (χ1n) is 10.2. The Kier molecular flexibility index (Phi) is 7.35. The molecule has 3 aromatic rings. The highest BCUT2D eigenvalue weighted by atomic mass is 19.1. The van der Waals surface area contributed by atoms with Crippen LogP contribution < -0.4 is 5.32 Å². The van der Waals surface area contributed by atoms with E-state index in [-0.39, 0.29) is 24.8 Å². The lowest BCUT2D eigenvalue weighted by Crippen LogP contribution is -2.25. The van der Waals surface area contributed by atoms with Crippen LogP contribution in [0.3, 0.4) is 0 Å². The van der Waals surface area contributed by atoms with Gasteiger partial charge in [0.25, 0.3) is 5.91 Å². The Hall–Kier alpha value is -3.55. The second-order valence-electron chi connectivity index (χ2n) is 7.47. The maximum absolute atomic E-state index is 13.3. The Balaban J connectivity index is 1.63. The summed E-state index contributed by atoms with van der Waals surface area (Å²) in [5, 5.41) is 7.31. The van der Waals surface area contributed by atoms with Crippen LogP contribution in [0, 0.1) is 25.5 Å². The van der Waals surface area contributed by atoms with Crippen molar-refractivity contribution in [1.82, 2.24) is 15.1 Å². The summed E-state index contributed by atoms with van der Waals surface area (Å²) in [5.41, 5.74) is 4.48. The van der Waals surface area contributed by atoms with Crippen LogP contribution in [0.1, 0.15) is 39.3 Å². The Morgan fingerprint density at radius 2 is 1.69 bits per heavy atom. The van der Waals surface area contributed by atoms with Crippen LogP contribution in [0.5, 0.6) is 0 Å². The van der Waals surface area contributed by atoms with Crippen molar-refractivity contribution in [3.8, 4) is 5.69 Å². The molecule has 0 saturated carbocycles. The van der Waals surface area contributed by atoms with Gasteiger partial charge < -0.3 is 10.1 Å². The number of esters is 1. The highest BCUT2D eigenvalue weighted by Gasteiger charge is 2.15. The molecule has 0 fully saturated rings. The van der Waals surface area contributed by atoms with Gasteiger partial charge >= 0.3 is 5.97 Å². The molecule has 0 aliphatic carbocycles. The lowest BCUT2D eigenvalue weighted by molar-refractivity contribution is -0.140. The van der Waals surface area contributed by atoms with Gasteiger partial charge in [0.15, 0.2) is 0 Å². The third kappa shape index (κ3) is 5.57. The van der Waals surface area contributed by atoms with Gasteiger partial charge in [-0.25, -0.2) is 13.5 Å². The molecular formula is C24H25F2N3O3. The second-order valence-corrected chi connectivity index (χ2v) is 7.47. The van der Waals surface area contributed by atoms with Gasteiger partial charge in [-0.15, -0.1) is 0 Å². The molecular weight excluding hydrogens is 416 g/mol.